The molecular weight excluding hydrogens is 308 g/mol. The number of nitrogens with one attached hydrogen (secondary N) is 2. The van der Waals surface area contributed by atoms with Gasteiger partial charge in [0.05, 0.1) is 19.3 Å². The monoisotopic (exact) mass is 338 g/mol. The lowest BCUT2D eigenvalue weighted by atomic mass is 10.1. The van der Waals surface area contributed by atoms with Crippen LogP contribution in [0.4, 0.5) is 0 Å². The van der Waals surface area contributed by atoms with Crippen molar-refractivity contribution in [2.24, 2.45) is 4.99 Å². The number of aliphatic imine (C=N–C) groups is 1. The van der Waals surface area contributed by atoms with E-state index in [0.29, 0.717) is 18.9 Å². The second-order valence-corrected chi connectivity index (χ2v) is 5.97. The van der Waals surface area contributed by atoms with Crippen LogP contribution in [0.15, 0.2) is 15.6 Å². The summed E-state index contributed by atoms with van der Waals surface area (Å²) in [6.07, 6.45) is 4.51. The molecule has 0 saturated carbocycles. The van der Waals surface area contributed by atoms with Crippen molar-refractivity contribution in [1.29, 1.82) is 0 Å². The summed E-state index contributed by atoms with van der Waals surface area (Å²) >= 11 is 0. The number of rotatable bonds is 10. The van der Waals surface area contributed by atoms with Crippen LogP contribution >= 0.6 is 0 Å². The molecule has 1 aromatic heterocycles. The number of ether oxygens (including phenoxy) is 1. The minimum absolute atomic E-state index is 0.134. The number of carbonyl (C=O) groups is 1. The van der Waals surface area contributed by atoms with Crippen LogP contribution in [0.1, 0.15) is 63.3 Å². The number of aromatic nitrogens is 1. The Labute approximate surface area is 144 Å². The fourth-order valence-corrected chi connectivity index (χ4v) is 2.13. The van der Waals surface area contributed by atoms with Gasteiger partial charge in [0.15, 0.2) is 11.7 Å². The van der Waals surface area contributed by atoms with E-state index in [0.717, 1.165) is 49.6 Å². The number of hydrogen-bond acceptors (Lipinski definition) is 5. The van der Waals surface area contributed by atoms with E-state index < -0.39 is 0 Å². The summed E-state index contributed by atoms with van der Waals surface area (Å²) in [5.41, 5.74) is 0.960. The summed E-state index contributed by atoms with van der Waals surface area (Å²) in [7, 11) is 3.17. The topological polar surface area (TPSA) is 88.8 Å². The number of methoxy groups -OCH3 is 1. The van der Waals surface area contributed by atoms with Gasteiger partial charge in [-0.05, 0) is 18.8 Å². The van der Waals surface area contributed by atoms with Gasteiger partial charge in [-0.2, -0.15) is 0 Å². The SMILES string of the molecule is CN=C(NCCCCCCC(=O)OC)NCc1cc(C(C)C)no1. The molecule has 0 bridgehead atoms. The van der Waals surface area contributed by atoms with Crippen molar-refractivity contribution < 1.29 is 14.1 Å². The number of nitrogens with zero attached hydrogens (tertiary/aromatic N) is 2. The third-order valence-electron chi connectivity index (χ3n) is 3.65. The van der Waals surface area contributed by atoms with Crippen LogP contribution < -0.4 is 10.6 Å². The summed E-state index contributed by atoms with van der Waals surface area (Å²) in [6.45, 7) is 5.56. The van der Waals surface area contributed by atoms with E-state index in [1.807, 2.05) is 6.07 Å². The predicted molar refractivity (Wildman–Crippen MR) is 93.9 cm³/mol. The van der Waals surface area contributed by atoms with Gasteiger partial charge in [-0.15, -0.1) is 0 Å². The third kappa shape index (κ3) is 7.99. The normalized spacial score (nSPS) is 11.6. The molecule has 7 nitrogen and oxygen atoms in total. The number of unbranched alkanes of at least 4 members (excludes halogenated alkanes) is 3. The van der Waals surface area contributed by atoms with Gasteiger partial charge in [0.2, 0.25) is 0 Å². The molecule has 0 saturated heterocycles. The van der Waals surface area contributed by atoms with Gasteiger partial charge in [0.1, 0.15) is 0 Å². The molecule has 0 aliphatic carbocycles. The van der Waals surface area contributed by atoms with E-state index in [2.05, 4.69) is 39.4 Å². The maximum atomic E-state index is 11.0. The van der Waals surface area contributed by atoms with Crippen LogP contribution in [0.2, 0.25) is 0 Å². The number of esters is 1. The molecule has 0 aliphatic heterocycles. The highest BCUT2D eigenvalue weighted by molar-refractivity contribution is 5.79. The lowest BCUT2D eigenvalue weighted by molar-refractivity contribution is -0.140. The van der Waals surface area contributed by atoms with Gasteiger partial charge in [-0.1, -0.05) is 31.8 Å². The van der Waals surface area contributed by atoms with Crippen molar-refractivity contribution in [3.63, 3.8) is 0 Å². The Hall–Kier alpha value is -2.05. The maximum absolute atomic E-state index is 11.0. The molecule has 1 heterocycles. The molecule has 0 radical (unpaired) electrons. The van der Waals surface area contributed by atoms with Gasteiger partial charge in [0.25, 0.3) is 0 Å². The van der Waals surface area contributed by atoms with Crippen molar-refractivity contribution >= 4 is 11.9 Å². The first kappa shape index (κ1) is 20.0. The molecule has 0 spiro atoms. The Morgan fingerprint density at radius 2 is 2.04 bits per heavy atom. The Morgan fingerprint density at radius 3 is 2.67 bits per heavy atom. The number of hydrogen-bond donors (Lipinski definition) is 2. The molecule has 2 N–H and O–H groups in total. The van der Waals surface area contributed by atoms with Gasteiger partial charge in [-0.25, -0.2) is 0 Å². The lowest BCUT2D eigenvalue weighted by Crippen LogP contribution is -2.37. The molecule has 0 amide bonds. The van der Waals surface area contributed by atoms with Crippen molar-refractivity contribution in [2.75, 3.05) is 20.7 Å². The molecule has 0 aliphatic rings. The summed E-state index contributed by atoms with van der Waals surface area (Å²) in [4.78, 5) is 15.2. The second-order valence-electron chi connectivity index (χ2n) is 5.97. The van der Waals surface area contributed by atoms with E-state index in [1.54, 1.807) is 7.05 Å². The van der Waals surface area contributed by atoms with E-state index in [1.165, 1.54) is 7.11 Å². The van der Waals surface area contributed by atoms with Crippen molar-refractivity contribution in [3.8, 4) is 0 Å². The zero-order chi connectivity index (χ0) is 17.8. The number of guanidine groups is 1. The average Bonchev–Trinajstić information content (AvgIpc) is 3.05. The first-order valence-electron chi connectivity index (χ1n) is 8.53. The van der Waals surface area contributed by atoms with Crippen LogP contribution in [0.25, 0.3) is 0 Å². The Morgan fingerprint density at radius 1 is 1.29 bits per heavy atom. The smallest absolute Gasteiger partial charge is 0.305 e. The van der Waals surface area contributed by atoms with Crippen LogP contribution in [0.5, 0.6) is 0 Å². The third-order valence-corrected chi connectivity index (χ3v) is 3.65. The quantitative estimate of drug-likeness (QED) is 0.295. The predicted octanol–water partition coefficient (Wildman–Crippen LogP) is 2.59. The molecule has 0 aromatic carbocycles. The molecule has 7 heteroatoms. The highest BCUT2D eigenvalue weighted by Gasteiger charge is 2.08. The van der Waals surface area contributed by atoms with Crippen molar-refractivity contribution in [1.82, 2.24) is 15.8 Å². The van der Waals surface area contributed by atoms with E-state index in [9.17, 15) is 4.79 Å². The van der Waals surface area contributed by atoms with Crippen molar-refractivity contribution in [3.05, 3.63) is 17.5 Å². The van der Waals surface area contributed by atoms with Crippen LogP contribution in [0, 0.1) is 0 Å². The van der Waals surface area contributed by atoms with E-state index in [4.69, 9.17) is 4.52 Å². The highest BCUT2D eigenvalue weighted by atomic mass is 16.5. The highest BCUT2D eigenvalue weighted by Crippen LogP contribution is 2.13. The van der Waals surface area contributed by atoms with E-state index in [-0.39, 0.29) is 5.97 Å². The largest absolute Gasteiger partial charge is 0.469 e. The van der Waals surface area contributed by atoms with Gasteiger partial charge in [-0.3, -0.25) is 9.79 Å². The van der Waals surface area contributed by atoms with Crippen molar-refractivity contribution in [2.45, 2.75) is 58.4 Å². The van der Waals surface area contributed by atoms with Crippen LogP contribution in [-0.2, 0) is 16.1 Å². The molecule has 136 valence electrons. The summed E-state index contributed by atoms with van der Waals surface area (Å²) in [6, 6.07) is 1.96. The zero-order valence-electron chi connectivity index (χ0n) is 15.2. The minimum Gasteiger partial charge on any atom is -0.469 e. The summed E-state index contributed by atoms with van der Waals surface area (Å²) < 4.78 is 9.90. The zero-order valence-corrected chi connectivity index (χ0v) is 15.2. The first-order chi connectivity index (χ1) is 11.6. The van der Waals surface area contributed by atoms with E-state index >= 15 is 0 Å². The van der Waals surface area contributed by atoms with Crippen LogP contribution in [-0.4, -0.2) is 37.8 Å². The first-order valence-corrected chi connectivity index (χ1v) is 8.53. The van der Waals surface area contributed by atoms with Gasteiger partial charge in [0, 0.05) is 26.1 Å². The fraction of sp³-hybridized carbons (Fsp3) is 0.706. The maximum Gasteiger partial charge on any atom is 0.305 e. The average molecular weight is 338 g/mol. The second kappa shape index (κ2) is 11.5. The summed E-state index contributed by atoms with van der Waals surface area (Å²) in [5, 5.41) is 10.5. The summed E-state index contributed by atoms with van der Waals surface area (Å²) in [5.74, 6) is 1.77. The molecule has 24 heavy (non-hydrogen) atoms. The molecule has 1 rings (SSSR count). The Kier molecular flexibility index (Phi) is 9.56. The van der Waals surface area contributed by atoms with Crippen LogP contribution in [0.3, 0.4) is 0 Å². The lowest BCUT2D eigenvalue weighted by Gasteiger charge is -2.10. The molecule has 0 unspecified atom stereocenters. The Bertz CT molecular complexity index is 512. The van der Waals surface area contributed by atoms with Gasteiger partial charge < -0.3 is 19.9 Å². The number of carbonyl (C=O) groups excluding carboxylic acids is 1. The van der Waals surface area contributed by atoms with Gasteiger partial charge >= 0.3 is 5.97 Å². The standard InChI is InChI=1S/C17H30N4O3/c1-13(2)15-11-14(24-21-15)12-20-17(18-3)19-10-8-6-5-7-9-16(22)23-4/h11,13H,5-10,12H2,1-4H3,(H2,18,19,20). The molecule has 1 aromatic rings. The molecule has 0 atom stereocenters. The molecule has 0 fully saturated rings. The molecular formula is C17H30N4O3. The fourth-order valence-electron chi connectivity index (χ4n) is 2.13. The Balaban J connectivity index is 2.13. The minimum atomic E-state index is -0.134.